The molecule has 0 aliphatic carbocycles. The van der Waals surface area contributed by atoms with Crippen LogP contribution in [-0.2, 0) is 13.1 Å². The highest BCUT2D eigenvalue weighted by Crippen LogP contribution is 2.15. The van der Waals surface area contributed by atoms with Gasteiger partial charge in [0.2, 0.25) is 0 Å². The first-order chi connectivity index (χ1) is 13.3. The van der Waals surface area contributed by atoms with Crippen LogP contribution < -0.4 is 10.6 Å². The van der Waals surface area contributed by atoms with Gasteiger partial charge in [0, 0.05) is 31.5 Å². The number of benzene rings is 1. The van der Waals surface area contributed by atoms with Gasteiger partial charge < -0.3 is 10.6 Å². The minimum absolute atomic E-state index is 0.622. The summed E-state index contributed by atoms with van der Waals surface area (Å²) in [6, 6.07) is 11.2. The fraction of sp³-hybridized carbons (Fsp3) is 0.524. The fourth-order valence-corrected chi connectivity index (χ4v) is 3.68. The minimum Gasteiger partial charge on any atom is -0.357 e. The summed E-state index contributed by atoms with van der Waals surface area (Å²) < 4.78 is 1.94. The number of aromatic nitrogens is 2. The molecule has 1 aliphatic heterocycles. The Kier molecular flexibility index (Phi) is 7.27. The van der Waals surface area contributed by atoms with E-state index in [-0.39, 0.29) is 0 Å². The molecular weight excluding hydrogens is 336 g/mol. The number of guanidine groups is 1. The third kappa shape index (κ3) is 5.82. The molecule has 1 fully saturated rings. The molecule has 1 saturated heterocycles. The summed E-state index contributed by atoms with van der Waals surface area (Å²) in [5.41, 5.74) is 2.46. The van der Waals surface area contributed by atoms with Crippen molar-refractivity contribution in [3.8, 4) is 0 Å². The molecule has 0 saturated carbocycles. The second kappa shape index (κ2) is 10.1. The van der Waals surface area contributed by atoms with Gasteiger partial charge in [-0.1, -0.05) is 31.2 Å². The standard InChI is InChI=1S/C21H32N6/c1-3-22-21(24-16-20-10-6-12-26(20)4-2)23-15-18-8-5-9-19(14-18)17-27-13-7-11-25-27/h5,7-9,11,13-14,20H,3-4,6,10,12,15-17H2,1-2H3,(H2,22,23,24). The smallest absolute Gasteiger partial charge is 0.191 e. The lowest BCUT2D eigenvalue weighted by atomic mass is 10.1. The molecule has 1 atom stereocenters. The molecule has 1 aromatic carbocycles. The van der Waals surface area contributed by atoms with Crippen molar-refractivity contribution < 1.29 is 0 Å². The number of hydrogen-bond donors (Lipinski definition) is 2. The van der Waals surface area contributed by atoms with Crippen LogP contribution in [0.3, 0.4) is 0 Å². The molecule has 1 aliphatic rings. The second-order valence-corrected chi connectivity index (χ2v) is 7.02. The highest BCUT2D eigenvalue weighted by atomic mass is 15.3. The Balaban J connectivity index is 1.57. The molecule has 0 bridgehead atoms. The third-order valence-corrected chi connectivity index (χ3v) is 5.07. The van der Waals surface area contributed by atoms with E-state index >= 15 is 0 Å². The molecule has 6 heteroatoms. The van der Waals surface area contributed by atoms with Crippen molar-refractivity contribution >= 4 is 5.96 Å². The van der Waals surface area contributed by atoms with Crippen molar-refractivity contribution in [1.29, 1.82) is 0 Å². The van der Waals surface area contributed by atoms with Gasteiger partial charge in [0.15, 0.2) is 5.96 Å². The zero-order valence-corrected chi connectivity index (χ0v) is 16.6. The van der Waals surface area contributed by atoms with E-state index in [4.69, 9.17) is 4.99 Å². The van der Waals surface area contributed by atoms with E-state index < -0.39 is 0 Å². The van der Waals surface area contributed by atoms with Crippen molar-refractivity contribution in [3.05, 3.63) is 53.9 Å². The lowest BCUT2D eigenvalue weighted by molar-refractivity contribution is 0.267. The molecular formula is C21H32N6. The predicted octanol–water partition coefficient (Wildman–Crippen LogP) is 2.47. The molecule has 3 rings (SSSR count). The summed E-state index contributed by atoms with van der Waals surface area (Å²) in [5.74, 6) is 0.901. The van der Waals surface area contributed by atoms with Gasteiger partial charge in [-0.25, -0.2) is 4.99 Å². The van der Waals surface area contributed by atoms with Crippen molar-refractivity contribution in [1.82, 2.24) is 25.3 Å². The number of nitrogens with zero attached hydrogens (tertiary/aromatic N) is 4. The maximum Gasteiger partial charge on any atom is 0.191 e. The van der Waals surface area contributed by atoms with Gasteiger partial charge >= 0.3 is 0 Å². The van der Waals surface area contributed by atoms with E-state index in [1.165, 1.54) is 30.5 Å². The molecule has 0 radical (unpaired) electrons. The van der Waals surface area contributed by atoms with E-state index in [9.17, 15) is 0 Å². The Morgan fingerprint density at radius 2 is 2.11 bits per heavy atom. The topological polar surface area (TPSA) is 57.5 Å². The summed E-state index contributed by atoms with van der Waals surface area (Å²) in [6.07, 6.45) is 6.37. The third-order valence-electron chi connectivity index (χ3n) is 5.07. The number of likely N-dealkylation sites (N-methyl/N-ethyl adjacent to an activating group) is 1. The number of rotatable bonds is 8. The molecule has 0 spiro atoms. The maximum absolute atomic E-state index is 4.79. The molecule has 1 aromatic heterocycles. The maximum atomic E-state index is 4.79. The largest absolute Gasteiger partial charge is 0.357 e. The number of aliphatic imine (C=N–C) groups is 1. The van der Waals surface area contributed by atoms with Crippen LogP contribution in [0, 0.1) is 0 Å². The molecule has 146 valence electrons. The molecule has 1 unspecified atom stereocenters. The number of hydrogen-bond acceptors (Lipinski definition) is 3. The highest BCUT2D eigenvalue weighted by Gasteiger charge is 2.22. The molecule has 2 aromatic rings. The molecule has 2 N–H and O–H groups in total. The summed E-state index contributed by atoms with van der Waals surface area (Å²) in [6.45, 7) is 9.99. The van der Waals surface area contributed by atoms with Gasteiger partial charge in [0.25, 0.3) is 0 Å². The first-order valence-corrected chi connectivity index (χ1v) is 10.1. The Morgan fingerprint density at radius 1 is 1.22 bits per heavy atom. The second-order valence-electron chi connectivity index (χ2n) is 7.02. The lowest BCUT2D eigenvalue weighted by Crippen LogP contribution is -2.44. The first kappa shape index (κ1) is 19.4. The zero-order chi connectivity index (χ0) is 18.9. The Bertz CT molecular complexity index is 709. The van der Waals surface area contributed by atoms with Crippen molar-refractivity contribution in [2.75, 3.05) is 26.2 Å². The van der Waals surface area contributed by atoms with Crippen molar-refractivity contribution in [2.45, 2.75) is 45.8 Å². The van der Waals surface area contributed by atoms with Crippen LogP contribution in [0.15, 0.2) is 47.7 Å². The van der Waals surface area contributed by atoms with Crippen LogP contribution in [0.4, 0.5) is 0 Å². The Morgan fingerprint density at radius 3 is 2.89 bits per heavy atom. The minimum atomic E-state index is 0.622. The van der Waals surface area contributed by atoms with Gasteiger partial charge in [-0.3, -0.25) is 9.58 Å². The van der Waals surface area contributed by atoms with Crippen LogP contribution in [0.5, 0.6) is 0 Å². The van der Waals surface area contributed by atoms with E-state index in [1.807, 2.05) is 23.1 Å². The van der Waals surface area contributed by atoms with Gasteiger partial charge in [0.1, 0.15) is 0 Å². The van der Waals surface area contributed by atoms with Crippen LogP contribution in [0.1, 0.15) is 37.8 Å². The monoisotopic (exact) mass is 368 g/mol. The van der Waals surface area contributed by atoms with Gasteiger partial charge in [-0.05, 0) is 50.0 Å². The summed E-state index contributed by atoms with van der Waals surface area (Å²) in [5, 5.41) is 11.2. The van der Waals surface area contributed by atoms with Crippen molar-refractivity contribution in [3.63, 3.8) is 0 Å². The van der Waals surface area contributed by atoms with Crippen LogP contribution in [0.25, 0.3) is 0 Å². The fourth-order valence-electron chi connectivity index (χ4n) is 3.68. The quantitative estimate of drug-likeness (QED) is 0.555. The van der Waals surface area contributed by atoms with E-state index in [0.717, 1.165) is 32.1 Å². The SMILES string of the molecule is CCNC(=NCc1cccc(Cn2cccn2)c1)NCC1CCCN1CC. The van der Waals surface area contributed by atoms with E-state index in [1.54, 1.807) is 0 Å². The average Bonchev–Trinajstić information content (AvgIpc) is 3.36. The van der Waals surface area contributed by atoms with E-state index in [2.05, 4.69) is 58.7 Å². The molecule has 0 amide bonds. The van der Waals surface area contributed by atoms with E-state index in [0.29, 0.717) is 12.6 Å². The Hall–Kier alpha value is -2.34. The van der Waals surface area contributed by atoms with Crippen molar-refractivity contribution in [2.24, 2.45) is 4.99 Å². The Labute approximate surface area is 162 Å². The summed E-state index contributed by atoms with van der Waals surface area (Å²) >= 11 is 0. The number of likely N-dealkylation sites (tertiary alicyclic amines) is 1. The van der Waals surface area contributed by atoms with Crippen LogP contribution in [0.2, 0.25) is 0 Å². The zero-order valence-electron chi connectivity index (χ0n) is 16.6. The van der Waals surface area contributed by atoms with Crippen LogP contribution in [-0.4, -0.2) is 52.9 Å². The molecule has 27 heavy (non-hydrogen) atoms. The van der Waals surface area contributed by atoms with Gasteiger partial charge in [-0.15, -0.1) is 0 Å². The molecule has 6 nitrogen and oxygen atoms in total. The first-order valence-electron chi connectivity index (χ1n) is 10.1. The number of nitrogens with one attached hydrogen (secondary N) is 2. The van der Waals surface area contributed by atoms with Gasteiger partial charge in [0.05, 0.1) is 13.1 Å². The lowest BCUT2D eigenvalue weighted by Gasteiger charge is -2.24. The normalized spacial score (nSPS) is 18.0. The average molecular weight is 369 g/mol. The van der Waals surface area contributed by atoms with Crippen LogP contribution >= 0.6 is 0 Å². The summed E-state index contributed by atoms with van der Waals surface area (Å²) in [4.78, 5) is 7.34. The highest BCUT2D eigenvalue weighted by molar-refractivity contribution is 5.79. The predicted molar refractivity (Wildman–Crippen MR) is 111 cm³/mol. The molecule has 2 heterocycles. The summed E-state index contributed by atoms with van der Waals surface area (Å²) in [7, 11) is 0. The van der Waals surface area contributed by atoms with Gasteiger partial charge in [-0.2, -0.15) is 5.10 Å².